The van der Waals surface area contributed by atoms with Crippen LogP contribution in [0.4, 0.5) is 10.5 Å². The summed E-state index contributed by atoms with van der Waals surface area (Å²) in [5.41, 5.74) is 1.54. The molecule has 1 unspecified atom stereocenters. The highest BCUT2D eigenvalue weighted by Crippen LogP contribution is 2.20. The molecule has 1 fully saturated rings. The Morgan fingerprint density at radius 2 is 1.90 bits per heavy atom. The topological polar surface area (TPSA) is 92.5 Å². The monoisotopic (exact) mass is 401 g/mol. The number of nitrogens with one attached hydrogen (secondary N) is 2. The number of anilines is 1. The molecule has 1 atom stereocenters. The molecule has 0 spiro atoms. The molecule has 2 N–H and O–H groups in total. The Labute approximate surface area is 172 Å². The van der Waals surface area contributed by atoms with Gasteiger partial charge in [-0.05, 0) is 36.6 Å². The number of hydrogen-bond donors (Lipinski definition) is 2. The molecule has 1 aromatic heterocycles. The molecule has 8 nitrogen and oxygen atoms in total. The molecule has 158 valence electrons. The third-order valence-corrected chi connectivity index (χ3v) is 4.96. The molecule has 1 aliphatic heterocycles. The second kappa shape index (κ2) is 10.4. The molecular weight excluding hydrogens is 370 g/mol. The van der Waals surface area contributed by atoms with E-state index in [1.165, 1.54) is 0 Å². The quantitative estimate of drug-likeness (QED) is 0.706. The van der Waals surface area contributed by atoms with E-state index in [0.717, 1.165) is 38.3 Å². The predicted molar refractivity (Wildman–Crippen MR) is 112 cm³/mol. The number of aryl methyl sites for hydroxylation is 1. The lowest BCUT2D eigenvalue weighted by Gasteiger charge is -2.35. The summed E-state index contributed by atoms with van der Waals surface area (Å²) >= 11 is 0. The van der Waals surface area contributed by atoms with Crippen molar-refractivity contribution in [3.8, 4) is 11.5 Å². The summed E-state index contributed by atoms with van der Waals surface area (Å²) in [5, 5.41) is 13.9. The first-order valence-corrected chi connectivity index (χ1v) is 10.3. The van der Waals surface area contributed by atoms with E-state index >= 15 is 0 Å². The number of aromatic nitrogens is 2. The van der Waals surface area contributed by atoms with Gasteiger partial charge in [0.15, 0.2) is 0 Å². The van der Waals surface area contributed by atoms with E-state index in [4.69, 9.17) is 9.15 Å². The Morgan fingerprint density at radius 3 is 2.52 bits per heavy atom. The van der Waals surface area contributed by atoms with Crippen LogP contribution in [0.15, 0.2) is 28.7 Å². The number of nitrogens with zero attached hydrogens (tertiary/aromatic N) is 3. The van der Waals surface area contributed by atoms with Crippen LogP contribution >= 0.6 is 0 Å². The number of morpholine rings is 1. The van der Waals surface area contributed by atoms with Gasteiger partial charge in [-0.15, -0.1) is 10.2 Å². The number of hydrogen-bond acceptors (Lipinski definition) is 6. The van der Waals surface area contributed by atoms with E-state index in [-0.39, 0.29) is 6.03 Å². The third-order valence-electron chi connectivity index (χ3n) is 4.96. The lowest BCUT2D eigenvalue weighted by Crippen LogP contribution is -2.49. The molecule has 3 rings (SSSR count). The minimum Gasteiger partial charge on any atom is -0.421 e. The van der Waals surface area contributed by atoms with E-state index in [0.29, 0.717) is 42.4 Å². The number of urea groups is 1. The Hall–Kier alpha value is -2.45. The van der Waals surface area contributed by atoms with Gasteiger partial charge in [-0.25, -0.2) is 4.79 Å². The van der Waals surface area contributed by atoms with Crippen molar-refractivity contribution in [2.75, 3.05) is 38.2 Å². The van der Waals surface area contributed by atoms with Crippen LogP contribution < -0.4 is 10.6 Å². The molecule has 2 amide bonds. The molecule has 2 aromatic rings. The van der Waals surface area contributed by atoms with Crippen molar-refractivity contribution in [3.63, 3.8) is 0 Å². The van der Waals surface area contributed by atoms with Crippen molar-refractivity contribution in [2.24, 2.45) is 5.92 Å². The molecular formula is C21H31N5O3. The van der Waals surface area contributed by atoms with Crippen molar-refractivity contribution >= 4 is 11.7 Å². The van der Waals surface area contributed by atoms with E-state index in [1.807, 2.05) is 31.2 Å². The smallest absolute Gasteiger partial charge is 0.319 e. The molecule has 29 heavy (non-hydrogen) atoms. The molecule has 8 heteroatoms. The van der Waals surface area contributed by atoms with Crippen LogP contribution in [0.5, 0.6) is 0 Å². The Morgan fingerprint density at radius 1 is 1.17 bits per heavy atom. The molecule has 0 aliphatic carbocycles. The number of ether oxygens (including phenoxy) is 1. The molecule has 0 bridgehead atoms. The summed E-state index contributed by atoms with van der Waals surface area (Å²) in [6, 6.07) is 7.50. The summed E-state index contributed by atoms with van der Waals surface area (Å²) in [5.74, 6) is 1.66. The van der Waals surface area contributed by atoms with Crippen LogP contribution in [0.1, 0.15) is 33.1 Å². The van der Waals surface area contributed by atoms with Gasteiger partial charge in [-0.2, -0.15) is 0 Å². The van der Waals surface area contributed by atoms with Crippen LogP contribution in [-0.2, 0) is 11.2 Å². The van der Waals surface area contributed by atoms with Crippen molar-refractivity contribution < 1.29 is 13.9 Å². The lowest BCUT2D eigenvalue weighted by atomic mass is 10.0. The summed E-state index contributed by atoms with van der Waals surface area (Å²) in [7, 11) is 0. The zero-order chi connectivity index (χ0) is 20.6. The fourth-order valence-electron chi connectivity index (χ4n) is 3.44. The summed E-state index contributed by atoms with van der Waals surface area (Å²) in [6.45, 7) is 10.3. The van der Waals surface area contributed by atoms with E-state index in [1.54, 1.807) is 0 Å². The minimum atomic E-state index is -0.203. The zero-order valence-corrected chi connectivity index (χ0v) is 17.5. The van der Waals surface area contributed by atoms with E-state index < -0.39 is 0 Å². The molecule has 1 saturated heterocycles. The maximum Gasteiger partial charge on any atom is 0.319 e. The van der Waals surface area contributed by atoms with Crippen molar-refractivity contribution in [2.45, 2.75) is 39.7 Å². The second-order valence-electron chi connectivity index (χ2n) is 7.70. The maximum absolute atomic E-state index is 12.4. The van der Waals surface area contributed by atoms with Gasteiger partial charge in [0, 0.05) is 43.3 Å². The first kappa shape index (κ1) is 21.3. The van der Waals surface area contributed by atoms with Crippen LogP contribution in [0.3, 0.4) is 0 Å². The molecule has 0 radical (unpaired) electrons. The second-order valence-corrected chi connectivity index (χ2v) is 7.70. The standard InChI is InChI=1S/C21H31N5O3/c1-4-19-24-25-20(29-19)16-5-7-17(8-6-16)23-21(27)22-14-18(13-15(2)3)26-9-11-28-12-10-26/h5-8,15,18H,4,9-14H2,1-3H3,(H2,22,23,27). The SMILES string of the molecule is CCc1nnc(-c2ccc(NC(=O)NCC(CC(C)C)N3CCOCC3)cc2)o1. The van der Waals surface area contributed by atoms with Crippen LogP contribution in [0, 0.1) is 5.92 Å². The fraction of sp³-hybridized carbons (Fsp3) is 0.571. The van der Waals surface area contributed by atoms with Crippen molar-refractivity contribution in [1.82, 2.24) is 20.4 Å². The van der Waals surface area contributed by atoms with E-state index in [9.17, 15) is 4.79 Å². The number of carbonyl (C=O) groups is 1. The highest BCUT2D eigenvalue weighted by atomic mass is 16.5. The van der Waals surface area contributed by atoms with Gasteiger partial charge in [-0.3, -0.25) is 4.90 Å². The van der Waals surface area contributed by atoms with Gasteiger partial charge in [0.2, 0.25) is 11.8 Å². The Kier molecular flexibility index (Phi) is 7.60. The van der Waals surface area contributed by atoms with Gasteiger partial charge >= 0.3 is 6.03 Å². The van der Waals surface area contributed by atoms with Crippen molar-refractivity contribution in [3.05, 3.63) is 30.2 Å². The first-order chi connectivity index (χ1) is 14.0. The first-order valence-electron chi connectivity index (χ1n) is 10.3. The summed E-state index contributed by atoms with van der Waals surface area (Å²) in [4.78, 5) is 14.8. The minimum absolute atomic E-state index is 0.203. The van der Waals surface area contributed by atoms with Crippen LogP contribution in [0.25, 0.3) is 11.5 Å². The van der Waals surface area contributed by atoms with Gasteiger partial charge in [0.05, 0.1) is 13.2 Å². The highest BCUT2D eigenvalue weighted by Gasteiger charge is 2.22. The van der Waals surface area contributed by atoms with Gasteiger partial charge in [0.1, 0.15) is 0 Å². The molecule has 2 heterocycles. The van der Waals surface area contributed by atoms with Gasteiger partial charge in [-0.1, -0.05) is 20.8 Å². The maximum atomic E-state index is 12.4. The van der Waals surface area contributed by atoms with Gasteiger partial charge < -0.3 is 19.8 Å². The molecule has 1 aliphatic rings. The van der Waals surface area contributed by atoms with Gasteiger partial charge in [0.25, 0.3) is 0 Å². The normalized spacial score (nSPS) is 16.0. The average Bonchev–Trinajstić information content (AvgIpc) is 3.21. The zero-order valence-electron chi connectivity index (χ0n) is 17.5. The molecule has 0 saturated carbocycles. The summed E-state index contributed by atoms with van der Waals surface area (Å²) < 4.78 is 11.0. The third kappa shape index (κ3) is 6.27. The number of rotatable bonds is 8. The molecule has 1 aromatic carbocycles. The predicted octanol–water partition coefficient (Wildman–Crippen LogP) is 3.17. The van der Waals surface area contributed by atoms with Crippen LogP contribution in [-0.4, -0.2) is 60.0 Å². The Bertz CT molecular complexity index is 769. The summed E-state index contributed by atoms with van der Waals surface area (Å²) in [6.07, 6.45) is 1.74. The lowest BCUT2D eigenvalue weighted by molar-refractivity contribution is 0.0130. The number of amides is 2. The van der Waals surface area contributed by atoms with Crippen molar-refractivity contribution in [1.29, 1.82) is 0 Å². The highest BCUT2D eigenvalue weighted by molar-refractivity contribution is 5.89. The number of carbonyl (C=O) groups excluding carboxylic acids is 1. The average molecular weight is 402 g/mol. The van der Waals surface area contributed by atoms with Crippen LogP contribution in [0.2, 0.25) is 0 Å². The Balaban J connectivity index is 1.52. The largest absolute Gasteiger partial charge is 0.421 e. The fourth-order valence-corrected chi connectivity index (χ4v) is 3.44. The van der Waals surface area contributed by atoms with E-state index in [2.05, 4.69) is 39.6 Å². The number of benzene rings is 1.